The van der Waals surface area contributed by atoms with Gasteiger partial charge in [0.05, 0.1) is 6.42 Å². The molecule has 0 spiro atoms. The van der Waals surface area contributed by atoms with E-state index in [0.29, 0.717) is 0 Å². The molecule has 0 aliphatic carbocycles. The van der Waals surface area contributed by atoms with Crippen LogP contribution in [0.5, 0.6) is 0 Å². The Morgan fingerprint density at radius 3 is 2.52 bits per heavy atom. The molecule has 3 N–H and O–H groups in total. The number of carbonyl (C=O) groups excluding carboxylic acids is 1. The zero-order chi connectivity index (χ0) is 15.2. The lowest BCUT2D eigenvalue weighted by Gasteiger charge is -2.13. The Morgan fingerprint density at radius 2 is 1.81 bits per heavy atom. The summed E-state index contributed by atoms with van der Waals surface area (Å²) in [6, 6.07) is 12.3. The number of amides is 1. The Kier molecular flexibility index (Phi) is 4.90. The summed E-state index contributed by atoms with van der Waals surface area (Å²) in [7, 11) is 0. The molecule has 2 aromatic carbocycles. The first kappa shape index (κ1) is 15.0. The first-order chi connectivity index (χ1) is 10.1. The Hall–Kier alpha value is -2.40. The smallest absolute Gasteiger partial charge is 0.326 e. The molecule has 2 rings (SSSR count). The van der Waals surface area contributed by atoms with Crippen LogP contribution >= 0.6 is 0 Å². The fraction of sp³-hybridized carbons (Fsp3) is 0.250. The number of aliphatic hydroxyl groups is 1. The molecule has 5 heteroatoms. The zero-order valence-corrected chi connectivity index (χ0v) is 11.5. The van der Waals surface area contributed by atoms with E-state index in [1.165, 1.54) is 0 Å². The molecular formula is C16H17NO4. The monoisotopic (exact) mass is 287 g/mol. The fourth-order valence-electron chi connectivity index (χ4n) is 2.25. The summed E-state index contributed by atoms with van der Waals surface area (Å²) in [5, 5.41) is 22.2. The molecule has 0 radical (unpaired) electrons. The lowest BCUT2D eigenvalue weighted by atomic mass is 10.0. The summed E-state index contributed by atoms with van der Waals surface area (Å²) < 4.78 is 0. The van der Waals surface area contributed by atoms with E-state index in [1.807, 2.05) is 42.5 Å². The van der Waals surface area contributed by atoms with Crippen molar-refractivity contribution in [3.05, 3.63) is 48.0 Å². The van der Waals surface area contributed by atoms with Crippen molar-refractivity contribution in [1.29, 1.82) is 0 Å². The highest BCUT2D eigenvalue weighted by Gasteiger charge is 2.19. The van der Waals surface area contributed by atoms with Gasteiger partial charge in [-0.3, -0.25) is 4.79 Å². The first-order valence-corrected chi connectivity index (χ1v) is 6.71. The number of aliphatic carboxylic acids is 1. The van der Waals surface area contributed by atoms with Gasteiger partial charge in [0.1, 0.15) is 6.04 Å². The van der Waals surface area contributed by atoms with Gasteiger partial charge in [-0.15, -0.1) is 0 Å². The number of carbonyl (C=O) groups is 2. The van der Waals surface area contributed by atoms with E-state index in [1.54, 1.807) is 0 Å². The maximum absolute atomic E-state index is 12.0. The molecule has 0 bridgehead atoms. The summed E-state index contributed by atoms with van der Waals surface area (Å²) in [6.45, 7) is -0.286. The van der Waals surface area contributed by atoms with Crippen LogP contribution in [0.25, 0.3) is 10.8 Å². The van der Waals surface area contributed by atoms with E-state index >= 15 is 0 Å². The Balaban J connectivity index is 2.13. The standard InChI is InChI=1S/C16H17NO4/c18-9-8-14(16(20)21)17-15(19)10-12-6-3-5-11-4-1-2-7-13(11)12/h1-7,14,18H,8-10H2,(H,17,19)(H,20,21). The second kappa shape index (κ2) is 6.85. The maximum atomic E-state index is 12.0. The van der Waals surface area contributed by atoms with Gasteiger partial charge in [-0.25, -0.2) is 4.79 Å². The Labute approximate surface area is 122 Å². The predicted octanol–water partition coefficient (Wildman–Crippen LogP) is 1.33. The fourth-order valence-corrected chi connectivity index (χ4v) is 2.25. The molecule has 110 valence electrons. The number of carboxylic acids is 1. The van der Waals surface area contributed by atoms with E-state index in [-0.39, 0.29) is 25.4 Å². The van der Waals surface area contributed by atoms with Crippen LogP contribution in [0.2, 0.25) is 0 Å². The number of carboxylic acid groups (broad SMARTS) is 1. The van der Waals surface area contributed by atoms with Gasteiger partial charge < -0.3 is 15.5 Å². The van der Waals surface area contributed by atoms with Crippen LogP contribution < -0.4 is 5.32 Å². The minimum atomic E-state index is -1.14. The highest BCUT2D eigenvalue weighted by Crippen LogP contribution is 2.18. The summed E-state index contributed by atoms with van der Waals surface area (Å²) in [6.07, 6.45) is 0.104. The summed E-state index contributed by atoms with van der Waals surface area (Å²) in [5.74, 6) is -1.51. The number of fused-ring (bicyclic) bond motifs is 1. The molecule has 0 saturated heterocycles. The van der Waals surface area contributed by atoms with Gasteiger partial charge in [0.15, 0.2) is 0 Å². The van der Waals surface area contributed by atoms with E-state index in [9.17, 15) is 9.59 Å². The average molecular weight is 287 g/mol. The second-order valence-corrected chi connectivity index (χ2v) is 4.79. The van der Waals surface area contributed by atoms with Crippen molar-refractivity contribution in [1.82, 2.24) is 5.32 Å². The molecule has 1 unspecified atom stereocenters. The Bertz CT molecular complexity index is 648. The third-order valence-corrected chi connectivity index (χ3v) is 3.28. The predicted molar refractivity (Wildman–Crippen MR) is 78.9 cm³/mol. The molecule has 0 fully saturated rings. The molecule has 0 aromatic heterocycles. The third-order valence-electron chi connectivity index (χ3n) is 3.28. The van der Waals surface area contributed by atoms with Crippen LogP contribution in [-0.4, -0.2) is 34.7 Å². The maximum Gasteiger partial charge on any atom is 0.326 e. The number of benzene rings is 2. The number of aliphatic hydroxyl groups excluding tert-OH is 1. The second-order valence-electron chi connectivity index (χ2n) is 4.79. The highest BCUT2D eigenvalue weighted by molar-refractivity contribution is 5.91. The van der Waals surface area contributed by atoms with Gasteiger partial charge in [0.2, 0.25) is 5.91 Å². The molecule has 0 heterocycles. The lowest BCUT2D eigenvalue weighted by molar-refractivity contribution is -0.142. The van der Waals surface area contributed by atoms with Crippen molar-refractivity contribution in [2.75, 3.05) is 6.61 Å². The normalized spacial score (nSPS) is 12.0. The van der Waals surface area contributed by atoms with Gasteiger partial charge >= 0.3 is 5.97 Å². The van der Waals surface area contributed by atoms with Crippen LogP contribution in [0.3, 0.4) is 0 Å². The minimum Gasteiger partial charge on any atom is -0.480 e. The van der Waals surface area contributed by atoms with Crippen LogP contribution in [-0.2, 0) is 16.0 Å². The van der Waals surface area contributed by atoms with E-state index in [2.05, 4.69) is 5.32 Å². The molecule has 5 nitrogen and oxygen atoms in total. The Morgan fingerprint density at radius 1 is 1.10 bits per heavy atom. The average Bonchev–Trinajstić information content (AvgIpc) is 2.47. The van der Waals surface area contributed by atoms with Crippen molar-refractivity contribution in [3.63, 3.8) is 0 Å². The number of rotatable bonds is 6. The number of hydrogen-bond acceptors (Lipinski definition) is 3. The number of nitrogens with one attached hydrogen (secondary N) is 1. The van der Waals surface area contributed by atoms with Crippen molar-refractivity contribution in [2.24, 2.45) is 0 Å². The van der Waals surface area contributed by atoms with Gasteiger partial charge in [0.25, 0.3) is 0 Å². The quantitative estimate of drug-likeness (QED) is 0.748. The van der Waals surface area contributed by atoms with Crippen LogP contribution in [0, 0.1) is 0 Å². The summed E-state index contributed by atoms with van der Waals surface area (Å²) >= 11 is 0. The van der Waals surface area contributed by atoms with Gasteiger partial charge in [0, 0.05) is 13.0 Å². The molecule has 0 aliphatic heterocycles. The minimum absolute atomic E-state index is 0.00336. The van der Waals surface area contributed by atoms with Gasteiger partial charge in [-0.1, -0.05) is 42.5 Å². The first-order valence-electron chi connectivity index (χ1n) is 6.71. The van der Waals surface area contributed by atoms with Crippen LogP contribution in [0.4, 0.5) is 0 Å². The molecule has 1 amide bonds. The topological polar surface area (TPSA) is 86.6 Å². The summed E-state index contributed by atoms with van der Waals surface area (Å²) in [5.41, 5.74) is 0.846. The molecule has 1 atom stereocenters. The highest BCUT2D eigenvalue weighted by atomic mass is 16.4. The molecule has 21 heavy (non-hydrogen) atoms. The van der Waals surface area contributed by atoms with E-state index < -0.39 is 12.0 Å². The van der Waals surface area contributed by atoms with Crippen LogP contribution in [0.1, 0.15) is 12.0 Å². The van der Waals surface area contributed by atoms with Crippen molar-refractivity contribution in [3.8, 4) is 0 Å². The van der Waals surface area contributed by atoms with Crippen molar-refractivity contribution < 1.29 is 19.8 Å². The van der Waals surface area contributed by atoms with Crippen molar-refractivity contribution >= 4 is 22.6 Å². The SMILES string of the molecule is O=C(Cc1cccc2ccccc12)NC(CCO)C(=O)O. The lowest BCUT2D eigenvalue weighted by Crippen LogP contribution is -2.42. The molecule has 2 aromatic rings. The zero-order valence-electron chi connectivity index (χ0n) is 11.5. The van der Waals surface area contributed by atoms with Crippen molar-refractivity contribution in [2.45, 2.75) is 18.9 Å². The molecule has 0 aliphatic rings. The molecule has 0 saturated carbocycles. The van der Waals surface area contributed by atoms with Gasteiger partial charge in [-0.05, 0) is 16.3 Å². The van der Waals surface area contributed by atoms with E-state index in [0.717, 1.165) is 16.3 Å². The molecular weight excluding hydrogens is 270 g/mol. The van der Waals surface area contributed by atoms with Crippen LogP contribution in [0.15, 0.2) is 42.5 Å². The number of hydrogen-bond donors (Lipinski definition) is 3. The summed E-state index contributed by atoms with van der Waals surface area (Å²) in [4.78, 5) is 23.0. The largest absolute Gasteiger partial charge is 0.480 e. The van der Waals surface area contributed by atoms with Gasteiger partial charge in [-0.2, -0.15) is 0 Å². The third kappa shape index (κ3) is 3.79. The van der Waals surface area contributed by atoms with E-state index in [4.69, 9.17) is 10.2 Å².